The molecule has 1 fully saturated rings. The average Bonchev–Trinajstić information content (AvgIpc) is 2.68. The number of carbonyl (C=O) groups excluding carboxylic acids is 1. The van der Waals surface area contributed by atoms with Crippen molar-refractivity contribution in [2.45, 2.75) is 45.2 Å². The zero-order valence-electron chi connectivity index (χ0n) is 10.8. The number of nitrogens with two attached hydrogens (primary N) is 1. The Balaban J connectivity index is 2.20. The molecular weight excluding hydrogens is 312 g/mol. The fourth-order valence-electron chi connectivity index (χ4n) is 2.46. The molecule has 1 saturated heterocycles. The summed E-state index contributed by atoms with van der Waals surface area (Å²) in [5.41, 5.74) is 7.13. The Labute approximate surface area is 120 Å². The van der Waals surface area contributed by atoms with Gasteiger partial charge in [0.05, 0.1) is 8.66 Å². The third-order valence-corrected chi connectivity index (χ3v) is 5.61. The number of halogens is 1. The van der Waals surface area contributed by atoms with E-state index in [-0.39, 0.29) is 18.0 Å². The van der Waals surface area contributed by atoms with Gasteiger partial charge in [-0.25, -0.2) is 0 Å². The third-order valence-electron chi connectivity index (χ3n) is 3.49. The zero-order valence-corrected chi connectivity index (χ0v) is 13.2. The second-order valence-electron chi connectivity index (χ2n) is 4.99. The number of likely N-dealkylation sites (tertiary alicyclic amines) is 1. The van der Waals surface area contributed by atoms with Crippen molar-refractivity contribution >= 4 is 33.2 Å². The van der Waals surface area contributed by atoms with Crippen molar-refractivity contribution < 1.29 is 4.79 Å². The Bertz CT molecular complexity index is 425. The lowest BCUT2D eigenvalue weighted by Gasteiger charge is -2.37. The molecule has 0 spiro atoms. The van der Waals surface area contributed by atoms with Crippen LogP contribution in [0.4, 0.5) is 0 Å². The van der Waals surface area contributed by atoms with Crippen molar-refractivity contribution in [3.05, 3.63) is 20.3 Å². The van der Waals surface area contributed by atoms with Crippen LogP contribution in [0.25, 0.3) is 0 Å². The summed E-state index contributed by atoms with van der Waals surface area (Å²) in [5, 5.41) is 0. The summed E-state index contributed by atoms with van der Waals surface area (Å²) in [5.74, 6) is 0.135. The molecule has 2 atom stereocenters. The normalized spacial score (nSPS) is 22.0. The van der Waals surface area contributed by atoms with Crippen LogP contribution in [0.2, 0.25) is 0 Å². The van der Waals surface area contributed by atoms with Crippen LogP contribution in [-0.2, 0) is 0 Å². The van der Waals surface area contributed by atoms with Gasteiger partial charge < -0.3 is 10.6 Å². The van der Waals surface area contributed by atoms with Crippen LogP contribution < -0.4 is 5.73 Å². The molecule has 2 N–H and O–H groups in total. The van der Waals surface area contributed by atoms with Crippen LogP contribution >= 0.6 is 27.3 Å². The molecule has 1 aromatic rings. The lowest BCUT2D eigenvalue weighted by Crippen LogP contribution is -2.51. The number of carbonyl (C=O) groups is 1. The molecule has 0 saturated carbocycles. The molecule has 0 radical (unpaired) electrons. The quantitative estimate of drug-likeness (QED) is 0.905. The van der Waals surface area contributed by atoms with Crippen molar-refractivity contribution in [1.29, 1.82) is 0 Å². The van der Waals surface area contributed by atoms with Crippen molar-refractivity contribution in [2.75, 3.05) is 6.54 Å². The number of aryl methyl sites for hydroxylation is 1. The fraction of sp³-hybridized carbons (Fsp3) is 0.615. The second kappa shape index (κ2) is 5.72. The van der Waals surface area contributed by atoms with E-state index >= 15 is 0 Å². The highest BCUT2D eigenvalue weighted by molar-refractivity contribution is 9.11. The Hall–Kier alpha value is -0.390. The van der Waals surface area contributed by atoms with Crippen LogP contribution in [0, 0.1) is 6.92 Å². The molecular formula is C13H19BrN2OS. The predicted molar refractivity (Wildman–Crippen MR) is 79.1 cm³/mol. The van der Waals surface area contributed by atoms with E-state index in [0.29, 0.717) is 0 Å². The molecule has 100 valence electrons. The predicted octanol–water partition coefficient (Wildman–Crippen LogP) is 3.16. The first kappa shape index (κ1) is 14.0. The van der Waals surface area contributed by atoms with Crippen LogP contribution in [0.5, 0.6) is 0 Å². The number of nitrogens with zero attached hydrogens (tertiary/aromatic N) is 1. The van der Waals surface area contributed by atoms with Gasteiger partial charge >= 0.3 is 0 Å². The van der Waals surface area contributed by atoms with Gasteiger partial charge in [-0.1, -0.05) is 0 Å². The molecule has 0 aliphatic carbocycles. The van der Waals surface area contributed by atoms with Crippen LogP contribution in [-0.4, -0.2) is 29.4 Å². The number of rotatable bonds is 2. The average molecular weight is 331 g/mol. The third kappa shape index (κ3) is 2.78. The summed E-state index contributed by atoms with van der Waals surface area (Å²) in [6.07, 6.45) is 3.28. The summed E-state index contributed by atoms with van der Waals surface area (Å²) in [6, 6.07) is 2.19. The Morgan fingerprint density at radius 1 is 1.61 bits per heavy atom. The molecule has 2 heterocycles. The lowest BCUT2D eigenvalue weighted by molar-refractivity contribution is 0.0589. The van der Waals surface area contributed by atoms with E-state index < -0.39 is 0 Å². The smallest absolute Gasteiger partial charge is 0.264 e. The van der Waals surface area contributed by atoms with Gasteiger partial charge in [0, 0.05) is 18.6 Å². The highest BCUT2D eigenvalue weighted by Gasteiger charge is 2.30. The molecule has 1 aliphatic rings. The van der Waals surface area contributed by atoms with Gasteiger partial charge in [-0.2, -0.15) is 0 Å². The van der Waals surface area contributed by atoms with E-state index in [9.17, 15) is 4.79 Å². The second-order valence-corrected chi connectivity index (χ2v) is 7.36. The minimum Gasteiger partial charge on any atom is -0.333 e. The maximum absolute atomic E-state index is 12.5. The molecule has 0 aromatic carbocycles. The maximum Gasteiger partial charge on any atom is 0.264 e. The van der Waals surface area contributed by atoms with Gasteiger partial charge in [-0.15, -0.1) is 11.3 Å². The molecule has 0 bridgehead atoms. The molecule has 2 unspecified atom stereocenters. The molecule has 18 heavy (non-hydrogen) atoms. The topological polar surface area (TPSA) is 46.3 Å². The first-order chi connectivity index (χ1) is 8.50. The molecule has 2 rings (SSSR count). The summed E-state index contributed by atoms with van der Waals surface area (Å²) in [4.78, 5) is 15.3. The number of amides is 1. The monoisotopic (exact) mass is 330 g/mol. The molecule has 3 nitrogen and oxygen atoms in total. The Morgan fingerprint density at radius 3 is 2.89 bits per heavy atom. The lowest BCUT2D eigenvalue weighted by atomic mass is 9.97. The van der Waals surface area contributed by atoms with E-state index in [1.165, 1.54) is 17.8 Å². The van der Waals surface area contributed by atoms with Gasteiger partial charge in [0.25, 0.3) is 5.91 Å². The fourth-order valence-corrected chi connectivity index (χ4v) is 3.95. The van der Waals surface area contributed by atoms with Gasteiger partial charge in [-0.05, 0) is 60.7 Å². The standard InChI is InChI=1S/C13H19BrN2OS/c1-8-7-11(18-12(8)14)13(17)16-6-4-3-5-10(16)9(2)15/h7,9-10H,3-6,15H2,1-2H3. The highest BCUT2D eigenvalue weighted by Crippen LogP contribution is 2.30. The van der Waals surface area contributed by atoms with Crippen molar-refractivity contribution in [3.63, 3.8) is 0 Å². The van der Waals surface area contributed by atoms with E-state index in [2.05, 4.69) is 15.9 Å². The summed E-state index contributed by atoms with van der Waals surface area (Å²) < 4.78 is 1.04. The zero-order chi connectivity index (χ0) is 13.3. The summed E-state index contributed by atoms with van der Waals surface area (Å²) >= 11 is 4.99. The number of thiophene rings is 1. The number of hydrogen-bond acceptors (Lipinski definition) is 3. The van der Waals surface area contributed by atoms with Gasteiger partial charge in [0.15, 0.2) is 0 Å². The van der Waals surface area contributed by atoms with Crippen molar-refractivity contribution in [1.82, 2.24) is 4.90 Å². The largest absolute Gasteiger partial charge is 0.333 e. The SMILES string of the molecule is Cc1cc(C(=O)N2CCCCC2C(C)N)sc1Br. The Kier molecular flexibility index (Phi) is 4.45. The summed E-state index contributed by atoms with van der Waals surface area (Å²) in [7, 11) is 0. The van der Waals surface area contributed by atoms with E-state index in [0.717, 1.165) is 33.6 Å². The number of hydrogen-bond donors (Lipinski definition) is 1. The first-order valence-corrected chi connectivity index (χ1v) is 7.94. The minimum absolute atomic E-state index is 0.0405. The van der Waals surface area contributed by atoms with Crippen LogP contribution in [0.15, 0.2) is 9.85 Å². The summed E-state index contributed by atoms with van der Waals surface area (Å²) in [6.45, 7) is 4.84. The maximum atomic E-state index is 12.5. The first-order valence-electron chi connectivity index (χ1n) is 6.33. The van der Waals surface area contributed by atoms with Gasteiger partial charge in [0.1, 0.15) is 0 Å². The van der Waals surface area contributed by atoms with Crippen LogP contribution in [0.3, 0.4) is 0 Å². The van der Waals surface area contributed by atoms with E-state index in [1.54, 1.807) is 0 Å². The molecule has 1 aliphatic heterocycles. The molecule has 1 aromatic heterocycles. The number of piperidine rings is 1. The minimum atomic E-state index is 0.0405. The van der Waals surface area contributed by atoms with E-state index in [4.69, 9.17) is 5.73 Å². The Morgan fingerprint density at radius 2 is 2.33 bits per heavy atom. The molecule has 5 heteroatoms. The van der Waals surface area contributed by atoms with Crippen molar-refractivity contribution in [3.8, 4) is 0 Å². The van der Waals surface area contributed by atoms with E-state index in [1.807, 2.05) is 24.8 Å². The van der Waals surface area contributed by atoms with Gasteiger partial charge in [0.2, 0.25) is 0 Å². The van der Waals surface area contributed by atoms with Crippen molar-refractivity contribution in [2.24, 2.45) is 5.73 Å². The molecule has 1 amide bonds. The van der Waals surface area contributed by atoms with Crippen LogP contribution in [0.1, 0.15) is 41.4 Å². The van der Waals surface area contributed by atoms with Gasteiger partial charge in [-0.3, -0.25) is 4.79 Å². The highest BCUT2D eigenvalue weighted by atomic mass is 79.9.